The predicted molar refractivity (Wildman–Crippen MR) is 71.4 cm³/mol. The van der Waals surface area contributed by atoms with Gasteiger partial charge in [-0.1, -0.05) is 30.3 Å². The molecule has 1 aliphatic rings. The number of carbonyl (C=O) groups excluding carboxylic acids is 2. The zero-order valence-electron chi connectivity index (χ0n) is 10.8. The number of Topliss-reactive ketones (excluding diaryl/α,β-unsaturated/α-hetero) is 2. The lowest BCUT2D eigenvalue weighted by Gasteiger charge is -2.15. The first-order chi connectivity index (χ1) is 9.27. The normalized spacial score (nSPS) is 13.5. The zero-order chi connectivity index (χ0) is 13.0. The minimum Gasteiger partial charge on any atom is -0.464 e. The lowest BCUT2D eigenvalue weighted by atomic mass is 9.85. The maximum Gasteiger partial charge on any atom is 1.00 e. The Balaban J connectivity index is 0.00000121. The monoisotopic (exact) mass is 249 g/mol. The first-order valence-electron chi connectivity index (χ1n) is 5.96. The number of carbonyl (C=O) groups is 2. The van der Waals surface area contributed by atoms with E-state index in [2.05, 4.69) is 0 Å². The lowest BCUT2D eigenvalue weighted by molar-refractivity contribution is 0.0815. The molecule has 0 aliphatic heterocycles. The molecule has 0 spiro atoms. The van der Waals surface area contributed by atoms with Crippen molar-refractivity contribution in [2.75, 3.05) is 0 Å². The third-order valence-corrected chi connectivity index (χ3v) is 3.52. The molecule has 90 valence electrons. The van der Waals surface area contributed by atoms with Crippen LogP contribution in [-0.2, 0) is 0 Å². The van der Waals surface area contributed by atoms with Gasteiger partial charge in [-0.2, -0.15) is 0 Å². The van der Waals surface area contributed by atoms with Gasteiger partial charge < -0.3 is 4.42 Å². The summed E-state index contributed by atoms with van der Waals surface area (Å²) >= 11 is 0. The number of ketones is 2. The highest BCUT2D eigenvalue weighted by Gasteiger charge is 2.33. The summed E-state index contributed by atoms with van der Waals surface area (Å²) in [5.74, 6) is -0.460. The van der Waals surface area contributed by atoms with Crippen LogP contribution in [0.2, 0.25) is 0 Å². The highest BCUT2D eigenvalue weighted by Crippen LogP contribution is 2.37. The fraction of sp³-hybridized carbons (Fsp3) is 0. The second-order valence-corrected chi connectivity index (χ2v) is 4.53. The Labute approximate surface area is 109 Å². The summed E-state index contributed by atoms with van der Waals surface area (Å²) in [6.07, 6.45) is 1.44. The van der Waals surface area contributed by atoms with E-state index in [1.807, 2.05) is 36.4 Å². The van der Waals surface area contributed by atoms with Crippen LogP contribution in [-0.4, -0.2) is 11.6 Å². The molecular weight excluding hydrogens is 240 g/mol. The third kappa shape index (κ3) is 1.21. The van der Waals surface area contributed by atoms with E-state index in [1.165, 1.54) is 6.26 Å². The second-order valence-electron chi connectivity index (χ2n) is 4.53. The van der Waals surface area contributed by atoms with E-state index < -0.39 is 11.6 Å². The van der Waals surface area contributed by atoms with Gasteiger partial charge in [0.15, 0.2) is 0 Å². The van der Waals surface area contributed by atoms with Crippen molar-refractivity contribution in [3.8, 4) is 11.3 Å². The number of rotatable bonds is 0. The van der Waals surface area contributed by atoms with Crippen LogP contribution >= 0.6 is 0 Å². The first kappa shape index (κ1) is 10.3. The summed E-state index contributed by atoms with van der Waals surface area (Å²) in [5, 5.41) is 1.73. The standard InChI is InChI=1S/C16H8O3/c17-14-12-7-8-19-16(12)11-6-5-9-3-1-2-4-10(9)13(11)15(14)18/h1-8H/p+1. The lowest BCUT2D eigenvalue weighted by Crippen LogP contribution is -2.20. The molecule has 1 aliphatic carbocycles. The van der Waals surface area contributed by atoms with Gasteiger partial charge in [-0.05, 0) is 22.9 Å². The van der Waals surface area contributed by atoms with Gasteiger partial charge >= 0.3 is 1.43 Å². The van der Waals surface area contributed by atoms with E-state index in [4.69, 9.17) is 4.42 Å². The molecule has 0 radical (unpaired) electrons. The topological polar surface area (TPSA) is 47.3 Å². The molecule has 2 aromatic carbocycles. The van der Waals surface area contributed by atoms with Gasteiger partial charge in [-0.15, -0.1) is 0 Å². The minimum absolute atomic E-state index is 0. The van der Waals surface area contributed by atoms with Crippen molar-refractivity contribution in [3.63, 3.8) is 0 Å². The van der Waals surface area contributed by atoms with E-state index in [0.29, 0.717) is 22.5 Å². The molecule has 1 aromatic heterocycles. The average Bonchev–Trinajstić information content (AvgIpc) is 2.93. The summed E-state index contributed by atoms with van der Waals surface area (Å²) < 4.78 is 5.38. The maximum atomic E-state index is 12.3. The van der Waals surface area contributed by atoms with E-state index in [1.54, 1.807) is 6.07 Å². The van der Waals surface area contributed by atoms with Crippen molar-refractivity contribution in [2.45, 2.75) is 0 Å². The number of hydrogen-bond donors (Lipinski definition) is 0. The average molecular weight is 249 g/mol. The summed E-state index contributed by atoms with van der Waals surface area (Å²) in [6.45, 7) is 0. The van der Waals surface area contributed by atoms with Crippen LogP contribution < -0.4 is 0 Å². The smallest absolute Gasteiger partial charge is 0.464 e. The summed E-state index contributed by atoms with van der Waals surface area (Å²) in [7, 11) is 0. The quantitative estimate of drug-likeness (QED) is 0.572. The van der Waals surface area contributed by atoms with Gasteiger partial charge in [0.05, 0.1) is 11.8 Å². The van der Waals surface area contributed by atoms with E-state index >= 15 is 0 Å². The van der Waals surface area contributed by atoms with Gasteiger partial charge in [-0.3, -0.25) is 9.59 Å². The predicted octanol–water partition coefficient (Wildman–Crippen LogP) is 3.59. The van der Waals surface area contributed by atoms with Crippen LogP contribution in [0.1, 0.15) is 22.1 Å². The molecule has 3 aromatic rings. The van der Waals surface area contributed by atoms with Gasteiger partial charge in [0, 0.05) is 11.1 Å². The molecule has 0 saturated heterocycles. The van der Waals surface area contributed by atoms with Crippen molar-refractivity contribution in [1.29, 1.82) is 0 Å². The first-order valence-corrected chi connectivity index (χ1v) is 5.96. The minimum atomic E-state index is -0.493. The SMILES string of the molecule is O=C1C(=O)c2c(ccc3ccccc23)-c2occc21.[H+]. The highest BCUT2D eigenvalue weighted by molar-refractivity contribution is 6.54. The van der Waals surface area contributed by atoms with Crippen LogP contribution in [0.4, 0.5) is 0 Å². The van der Waals surface area contributed by atoms with Crippen molar-refractivity contribution in [2.24, 2.45) is 0 Å². The molecule has 0 atom stereocenters. The fourth-order valence-corrected chi connectivity index (χ4v) is 2.64. The molecule has 0 amide bonds. The van der Waals surface area contributed by atoms with Gasteiger partial charge in [-0.25, -0.2) is 0 Å². The third-order valence-electron chi connectivity index (χ3n) is 3.52. The molecule has 1 heterocycles. The molecule has 0 saturated carbocycles. The molecule has 0 bridgehead atoms. The Hall–Kier alpha value is -2.68. The number of fused-ring (bicyclic) bond motifs is 5. The molecule has 3 heteroatoms. The summed E-state index contributed by atoms with van der Waals surface area (Å²) in [5.41, 5.74) is 1.50. The molecule has 0 fully saturated rings. The van der Waals surface area contributed by atoms with Crippen LogP contribution in [0.25, 0.3) is 22.1 Å². The largest absolute Gasteiger partial charge is 1.00 e. The van der Waals surface area contributed by atoms with Crippen molar-refractivity contribution in [1.82, 2.24) is 0 Å². The van der Waals surface area contributed by atoms with Gasteiger partial charge in [0.2, 0.25) is 11.6 Å². The van der Waals surface area contributed by atoms with Crippen molar-refractivity contribution < 1.29 is 15.4 Å². The van der Waals surface area contributed by atoms with Crippen LogP contribution in [0.3, 0.4) is 0 Å². The Kier molecular flexibility index (Phi) is 1.85. The van der Waals surface area contributed by atoms with E-state index in [-0.39, 0.29) is 1.43 Å². The summed E-state index contributed by atoms with van der Waals surface area (Å²) in [6, 6.07) is 12.9. The molecule has 0 unspecified atom stereocenters. The number of furan rings is 1. The second kappa shape index (κ2) is 3.42. The van der Waals surface area contributed by atoms with E-state index in [0.717, 1.165) is 10.8 Å². The summed E-state index contributed by atoms with van der Waals surface area (Å²) in [4.78, 5) is 24.4. The maximum absolute atomic E-state index is 12.3. The Morgan fingerprint density at radius 1 is 0.842 bits per heavy atom. The molecule has 0 N–H and O–H groups in total. The Morgan fingerprint density at radius 3 is 2.58 bits per heavy atom. The Bertz CT molecular complexity index is 861. The molecular formula is C16H9O3+. The van der Waals surface area contributed by atoms with Gasteiger partial charge in [0.25, 0.3) is 0 Å². The van der Waals surface area contributed by atoms with Gasteiger partial charge in [0.1, 0.15) is 5.76 Å². The Morgan fingerprint density at radius 2 is 1.68 bits per heavy atom. The van der Waals surface area contributed by atoms with Crippen LogP contribution in [0.5, 0.6) is 0 Å². The highest BCUT2D eigenvalue weighted by atomic mass is 16.3. The van der Waals surface area contributed by atoms with Crippen LogP contribution in [0, 0.1) is 0 Å². The van der Waals surface area contributed by atoms with Crippen LogP contribution in [0.15, 0.2) is 53.1 Å². The fourth-order valence-electron chi connectivity index (χ4n) is 2.64. The molecule has 19 heavy (non-hydrogen) atoms. The number of hydrogen-bond acceptors (Lipinski definition) is 3. The zero-order valence-corrected chi connectivity index (χ0v) is 9.84. The van der Waals surface area contributed by atoms with E-state index in [9.17, 15) is 9.59 Å². The number of benzene rings is 2. The molecule has 4 rings (SSSR count). The van der Waals surface area contributed by atoms with Crippen molar-refractivity contribution >= 4 is 22.3 Å². The molecule has 3 nitrogen and oxygen atoms in total. The van der Waals surface area contributed by atoms with Crippen molar-refractivity contribution in [3.05, 3.63) is 59.9 Å².